The first-order chi connectivity index (χ1) is 10.8. The molecular weight excluding hydrogens is 294 g/mol. The highest BCUT2D eigenvalue weighted by atomic mass is 35.5. The first-order valence-corrected chi connectivity index (χ1v) is 8.01. The lowest BCUT2D eigenvalue weighted by Gasteiger charge is -2.08. The van der Waals surface area contributed by atoms with Gasteiger partial charge in [0.25, 0.3) is 0 Å². The second-order valence-electron chi connectivity index (χ2n) is 5.55. The van der Waals surface area contributed by atoms with Crippen LogP contribution in [0.4, 0.5) is 0 Å². The van der Waals surface area contributed by atoms with E-state index in [1.165, 1.54) is 0 Å². The minimum atomic E-state index is 0.713. The van der Waals surface area contributed by atoms with Gasteiger partial charge >= 0.3 is 0 Å². The van der Waals surface area contributed by atoms with E-state index in [-0.39, 0.29) is 0 Å². The third-order valence-corrected chi connectivity index (χ3v) is 4.26. The van der Waals surface area contributed by atoms with Crippen LogP contribution in [0.5, 0.6) is 0 Å². The molecule has 2 heterocycles. The maximum absolute atomic E-state index is 6.18. The SMILES string of the molecule is CCCCc1nc2ccc(Cl)cc2c2nc3ccccc3n12. The molecule has 2 aromatic heterocycles. The number of halogens is 1. The van der Waals surface area contributed by atoms with Gasteiger partial charge in [0.2, 0.25) is 0 Å². The fourth-order valence-corrected chi connectivity index (χ4v) is 3.12. The van der Waals surface area contributed by atoms with Gasteiger partial charge in [-0.2, -0.15) is 0 Å². The molecule has 3 nitrogen and oxygen atoms in total. The van der Waals surface area contributed by atoms with Crippen molar-refractivity contribution in [3.8, 4) is 0 Å². The molecule has 0 unspecified atom stereocenters. The van der Waals surface area contributed by atoms with E-state index in [1.54, 1.807) is 0 Å². The number of imidazole rings is 1. The summed E-state index contributed by atoms with van der Waals surface area (Å²) in [6.07, 6.45) is 3.22. The molecule has 0 amide bonds. The molecule has 22 heavy (non-hydrogen) atoms. The van der Waals surface area contributed by atoms with Crippen LogP contribution in [0.2, 0.25) is 5.02 Å². The number of para-hydroxylation sites is 2. The van der Waals surface area contributed by atoms with Gasteiger partial charge in [0, 0.05) is 16.8 Å². The average molecular weight is 310 g/mol. The van der Waals surface area contributed by atoms with Crippen molar-refractivity contribution >= 4 is 39.2 Å². The van der Waals surface area contributed by atoms with Gasteiger partial charge in [0.15, 0.2) is 0 Å². The maximum atomic E-state index is 6.18. The van der Waals surface area contributed by atoms with Crippen molar-refractivity contribution < 1.29 is 0 Å². The minimum Gasteiger partial charge on any atom is -0.280 e. The molecule has 110 valence electrons. The lowest BCUT2D eigenvalue weighted by atomic mass is 10.2. The van der Waals surface area contributed by atoms with Crippen molar-refractivity contribution in [3.63, 3.8) is 0 Å². The summed E-state index contributed by atoms with van der Waals surface area (Å²) in [5, 5.41) is 1.72. The number of hydrogen-bond donors (Lipinski definition) is 0. The highest BCUT2D eigenvalue weighted by Gasteiger charge is 2.13. The average Bonchev–Trinajstić information content (AvgIpc) is 2.93. The van der Waals surface area contributed by atoms with Crippen LogP contribution in [-0.4, -0.2) is 14.4 Å². The topological polar surface area (TPSA) is 30.2 Å². The van der Waals surface area contributed by atoms with E-state index in [1.807, 2.05) is 36.4 Å². The summed E-state index contributed by atoms with van der Waals surface area (Å²) in [6.45, 7) is 2.20. The lowest BCUT2D eigenvalue weighted by Crippen LogP contribution is -2.02. The molecule has 0 fully saturated rings. The van der Waals surface area contributed by atoms with Crippen LogP contribution in [0.3, 0.4) is 0 Å². The fourth-order valence-electron chi connectivity index (χ4n) is 2.94. The Kier molecular flexibility index (Phi) is 3.23. The van der Waals surface area contributed by atoms with Crippen molar-refractivity contribution in [1.29, 1.82) is 0 Å². The van der Waals surface area contributed by atoms with E-state index in [9.17, 15) is 0 Å². The van der Waals surface area contributed by atoms with Crippen LogP contribution in [0.15, 0.2) is 42.5 Å². The quantitative estimate of drug-likeness (QED) is 0.531. The molecule has 0 aliphatic carbocycles. The normalized spacial score (nSPS) is 11.7. The Morgan fingerprint density at radius 2 is 1.91 bits per heavy atom. The molecule has 0 saturated carbocycles. The van der Waals surface area contributed by atoms with Gasteiger partial charge in [-0.1, -0.05) is 37.1 Å². The molecule has 0 saturated heterocycles. The molecule has 4 heteroatoms. The molecule has 0 bridgehead atoms. The van der Waals surface area contributed by atoms with E-state index < -0.39 is 0 Å². The van der Waals surface area contributed by atoms with Crippen LogP contribution in [0.25, 0.3) is 27.6 Å². The third-order valence-electron chi connectivity index (χ3n) is 4.02. The first-order valence-electron chi connectivity index (χ1n) is 7.63. The molecule has 0 atom stereocenters. The number of aromatic nitrogens is 3. The monoisotopic (exact) mass is 309 g/mol. The first kappa shape index (κ1) is 13.5. The Labute approximate surface area is 133 Å². The summed E-state index contributed by atoms with van der Waals surface area (Å²) >= 11 is 6.18. The number of fused-ring (bicyclic) bond motifs is 5. The van der Waals surface area contributed by atoms with E-state index in [4.69, 9.17) is 21.6 Å². The van der Waals surface area contributed by atoms with E-state index in [0.29, 0.717) is 5.02 Å². The third kappa shape index (κ3) is 2.04. The van der Waals surface area contributed by atoms with Gasteiger partial charge in [0.1, 0.15) is 11.5 Å². The Hall–Kier alpha value is -2.13. The van der Waals surface area contributed by atoms with Crippen LogP contribution in [0.1, 0.15) is 25.6 Å². The second kappa shape index (κ2) is 5.25. The smallest absolute Gasteiger partial charge is 0.148 e. The summed E-state index contributed by atoms with van der Waals surface area (Å²) < 4.78 is 2.18. The van der Waals surface area contributed by atoms with Crippen molar-refractivity contribution in [2.45, 2.75) is 26.2 Å². The molecule has 0 N–H and O–H groups in total. The van der Waals surface area contributed by atoms with Gasteiger partial charge in [-0.25, -0.2) is 9.97 Å². The van der Waals surface area contributed by atoms with E-state index in [0.717, 1.165) is 52.7 Å². The van der Waals surface area contributed by atoms with Crippen LogP contribution in [-0.2, 0) is 6.42 Å². The fraction of sp³-hybridized carbons (Fsp3) is 0.222. The molecule has 0 aliphatic rings. The molecule has 0 radical (unpaired) electrons. The Bertz CT molecular complexity index is 988. The summed E-state index contributed by atoms with van der Waals surface area (Å²) in [6, 6.07) is 14.0. The van der Waals surface area contributed by atoms with Crippen LogP contribution >= 0.6 is 11.6 Å². The van der Waals surface area contributed by atoms with Gasteiger partial charge in [0.05, 0.1) is 16.6 Å². The molecule has 0 spiro atoms. The number of hydrogen-bond acceptors (Lipinski definition) is 2. The van der Waals surface area contributed by atoms with Crippen molar-refractivity contribution in [2.75, 3.05) is 0 Å². The number of unbranched alkanes of at least 4 members (excludes halogenated alkanes) is 1. The molecule has 4 aromatic rings. The summed E-state index contributed by atoms with van der Waals surface area (Å²) in [7, 11) is 0. The molecule has 4 rings (SSSR count). The zero-order chi connectivity index (χ0) is 15.1. The highest BCUT2D eigenvalue weighted by molar-refractivity contribution is 6.31. The summed E-state index contributed by atoms with van der Waals surface area (Å²) in [5.41, 5.74) is 4.01. The van der Waals surface area contributed by atoms with E-state index in [2.05, 4.69) is 17.4 Å². The van der Waals surface area contributed by atoms with Crippen LogP contribution < -0.4 is 0 Å². The van der Waals surface area contributed by atoms with Gasteiger partial charge in [-0.05, 0) is 36.8 Å². The molecular formula is C18H16ClN3. The highest BCUT2D eigenvalue weighted by Crippen LogP contribution is 2.27. The van der Waals surface area contributed by atoms with Crippen molar-refractivity contribution in [2.24, 2.45) is 0 Å². The predicted octanol–water partition coefficient (Wildman–Crippen LogP) is 5.03. The summed E-state index contributed by atoms with van der Waals surface area (Å²) in [5.74, 6) is 1.07. The lowest BCUT2D eigenvalue weighted by molar-refractivity contribution is 0.749. The largest absolute Gasteiger partial charge is 0.280 e. The molecule has 0 aliphatic heterocycles. The van der Waals surface area contributed by atoms with Crippen molar-refractivity contribution in [1.82, 2.24) is 14.4 Å². The number of benzene rings is 2. The Balaban J connectivity index is 2.16. The second-order valence-corrected chi connectivity index (χ2v) is 5.99. The molecule has 2 aromatic carbocycles. The van der Waals surface area contributed by atoms with Gasteiger partial charge in [-0.15, -0.1) is 0 Å². The number of nitrogens with zero attached hydrogens (tertiary/aromatic N) is 3. The summed E-state index contributed by atoms with van der Waals surface area (Å²) in [4.78, 5) is 9.69. The van der Waals surface area contributed by atoms with Crippen molar-refractivity contribution in [3.05, 3.63) is 53.3 Å². The van der Waals surface area contributed by atoms with Gasteiger partial charge in [-0.3, -0.25) is 4.40 Å². The maximum Gasteiger partial charge on any atom is 0.148 e. The minimum absolute atomic E-state index is 0.713. The number of aryl methyl sites for hydroxylation is 1. The Morgan fingerprint density at radius 1 is 1.05 bits per heavy atom. The Morgan fingerprint density at radius 3 is 2.77 bits per heavy atom. The standard InChI is InChI=1S/C18H16ClN3/c1-2-3-8-17-20-14-10-9-12(19)11-13(14)18-21-15-6-4-5-7-16(15)22(17)18/h4-7,9-11H,2-3,8H2,1H3. The zero-order valence-electron chi connectivity index (χ0n) is 12.4. The zero-order valence-corrected chi connectivity index (χ0v) is 13.1. The number of rotatable bonds is 3. The van der Waals surface area contributed by atoms with E-state index >= 15 is 0 Å². The van der Waals surface area contributed by atoms with Crippen LogP contribution in [0, 0.1) is 0 Å². The predicted molar refractivity (Wildman–Crippen MR) is 91.6 cm³/mol. The van der Waals surface area contributed by atoms with Gasteiger partial charge < -0.3 is 0 Å².